The second-order valence-electron chi connectivity index (χ2n) is 3.55. The zero-order chi connectivity index (χ0) is 12.7. The molecule has 0 aliphatic rings. The Labute approximate surface area is 111 Å². The number of benzene rings is 1. The van der Waals surface area contributed by atoms with Gasteiger partial charge < -0.3 is 15.2 Å². The summed E-state index contributed by atoms with van der Waals surface area (Å²) in [5.74, 6) is -0.144. The number of hydrogen-bond donors (Lipinski definition) is 1. The third-order valence-corrected chi connectivity index (χ3v) is 2.74. The Morgan fingerprint density at radius 1 is 1.41 bits per heavy atom. The van der Waals surface area contributed by atoms with E-state index < -0.39 is 0 Å². The summed E-state index contributed by atoms with van der Waals surface area (Å²) in [6.45, 7) is 5.54. The van der Waals surface area contributed by atoms with E-state index in [1.54, 1.807) is 6.07 Å². The number of rotatable bonds is 7. The van der Waals surface area contributed by atoms with Gasteiger partial charge in [-0.3, -0.25) is 0 Å². The minimum atomic E-state index is -0.144. The Bertz CT molecular complexity index is 383. The largest absolute Gasteiger partial charge is 0.871 e. The van der Waals surface area contributed by atoms with Crippen molar-refractivity contribution in [2.45, 2.75) is 13.0 Å². The predicted molar refractivity (Wildman–Crippen MR) is 67.2 cm³/mol. The molecular formula is C12H15Cl2NO2. The van der Waals surface area contributed by atoms with E-state index in [9.17, 15) is 5.11 Å². The van der Waals surface area contributed by atoms with E-state index in [0.29, 0.717) is 23.7 Å². The highest BCUT2D eigenvalue weighted by atomic mass is 35.5. The van der Waals surface area contributed by atoms with Crippen molar-refractivity contribution >= 4 is 23.2 Å². The van der Waals surface area contributed by atoms with E-state index in [1.807, 2.05) is 5.32 Å². The highest BCUT2D eigenvalue weighted by molar-refractivity contribution is 6.35. The number of ether oxygens (including phenoxy) is 1. The van der Waals surface area contributed by atoms with Gasteiger partial charge in [0.15, 0.2) is 0 Å². The highest BCUT2D eigenvalue weighted by Gasteiger charge is 2.03. The Balaban J connectivity index is 2.38. The van der Waals surface area contributed by atoms with E-state index in [2.05, 4.69) is 6.58 Å². The predicted octanol–water partition coefficient (Wildman–Crippen LogP) is 1.68. The van der Waals surface area contributed by atoms with Gasteiger partial charge in [-0.05, 0) is 12.1 Å². The minimum absolute atomic E-state index is 0.144. The summed E-state index contributed by atoms with van der Waals surface area (Å²) in [5, 5.41) is 14.3. The molecule has 94 valence electrons. The van der Waals surface area contributed by atoms with Crippen molar-refractivity contribution in [3.05, 3.63) is 40.6 Å². The maximum Gasteiger partial charge on any atom is 0.101 e. The fourth-order valence-corrected chi connectivity index (χ4v) is 1.95. The van der Waals surface area contributed by atoms with Crippen LogP contribution in [-0.2, 0) is 11.3 Å². The second kappa shape index (κ2) is 7.43. The molecule has 5 heteroatoms. The zero-order valence-corrected chi connectivity index (χ0v) is 10.9. The van der Waals surface area contributed by atoms with Crippen LogP contribution in [0.3, 0.4) is 0 Å². The molecule has 1 rings (SSSR count). The van der Waals surface area contributed by atoms with E-state index in [1.165, 1.54) is 12.3 Å². The lowest BCUT2D eigenvalue weighted by molar-refractivity contribution is -0.671. The fraction of sp³-hybridized carbons (Fsp3) is 0.333. The molecule has 1 aromatic rings. The molecule has 3 nitrogen and oxygen atoms in total. The van der Waals surface area contributed by atoms with Crippen LogP contribution in [-0.4, -0.2) is 13.2 Å². The number of nitrogens with two attached hydrogens (primary N) is 1. The average molecular weight is 276 g/mol. The van der Waals surface area contributed by atoms with Crippen LogP contribution < -0.4 is 10.4 Å². The summed E-state index contributed by atoms with van der Waals surface area (Å²) in [6.07, 6.45) is 2.32. The molecule has 0 aliphatic carbocycles. The van der Waals surface area contributed by atoms with Crippen molar-refractivity contribution in [2.24, 2.45) is 0 Å². The summed E-state index contributed by atoms with van der Waals surface area (Å²) < 4.78 is 4.99. The molecule has 0 saturated carbocycles. The molecule has 0 bridgehead atoms. The van der Waals surface area contributed by atoms with E-state index in [4.69, 9.17) is 27.9 Å². The first kappa shape index (κ1) is 14.2. The van der Waals surface area contributed by atoms with E-state index in [-0.39, 0.29) is 10.8 Å². The van der Waals surface area contributed by atoms with Crippen LogP contribution in [0.5, 0.6) is 5.75 Å². The van der Waals surface area contributed by atoms with Gasteiger partial charge in [0, 0.05) is 22.0 Å². The van der Waals surface area contributed by atoms with Crippen molar-refractivity contribution < 1.29 is 15.2 Å². The van der Waals surface area contributed by atoms with Gasteiger partial charge in [0.05, 0.1) is 19.4 Å². The van der Waals surface area contributed by atoms with Crippen LogP contribution in [0.25, 0.3) is 0 Å². The van der Waals surface area contributed by atoms with Gasteiger partial charge >= 0.3 is 0 Å². The quantitative estimate of drug-likeness (QED) is 0.608. The number of quaternary nitrogens is 1. The van der Waals surface area contributed by atoms with Crippen LogP contribution in [0.15, 0.2) is 25.0 Å². The molecule has 2 N–H and O–H groups in total. The lowest BCUT2D eigenvalue weighted by Gasteiger charge is -2.14. The highest BCUT2D eigenvalue weighted by Crippen LogP contribution is 2.28. The lowest BCUT2D eigenvalue weighted by atomic mass is 10.2. The Morgan fingerprint density at radius 2 is 2.18 bits per heavy atom. The Morgan fingerprint density at radius 3 is 2.88 bits per heavy atom. The third-order valence-electron chi connectivity index (χ3n) is 2.24. The van der Waals surface area contributed by atoms with E-state index in [0.717, 1.165) is 13.0 Å². The molecule has 0 amide bonds. The molecule has 0 aliphatic heterocycles. The maximum absolute atomic E-state index is 11.6. The van der Waals surface area contributed by atoms with Gasteiger partial charge in [0.2, 0.25) is 0 Å². The Kier molecular flexibility index (Phi) is 6.19. The monoisotopic (exact) mass is 275 g/mol. The summed E-state index contributed by atoms with van der Waals surface area (Å²) in [5.41, 5.74) is 0.632. The normalized spacial score (nSPS) is 10.2. The van der Waals surface area contributed by atoms with Gasteiger partial charge in [-0.2, -0.15) is 0 Å². The molecular weight excluding hydrogens is 261 g/mol. The van der Waals surface area contributed by atoms with Crippen LogP contribution in [0, 0.1) is 0 Å². The SMILES string of the molecule is C=COCCC[NH2+]Cc1cc(Cl)cc(Cl)c1[O-]. The summed E-state index contributed by atoms with van der Waals surface area (Å²) in [4.78, 5) is 0. The molecule has 0 spiro atoms. The molecule has 0 saturated heterocycles. The summed E-state index contributed by atoms with van der Waals surface area (Å²) in [7, 11) is 0. The fourth-order valence-electron chi connectivity index (χ4n) is 1.42. The zero-order valence-electron chi connectivity index (χ0n) is 9.42. The minimum Gasteiger partial charge on any atom is -0.871 e. The lowest BCUT2D eigenvalue weighted by Crippen LogP contribution is -2.82. The Hall–Kier alpha value is -0.900. The molecule has 1 aromatic carbocycles. The molecule has 0 fully saturated rings. The first-order valence-electron chi connectivity index (χ1n) is 5.34. The van der Waals surface area contributed by atoms with Gasteiger partial charge in [0.25, 0.3) is 0 Å². The summed E-state index contributed by atoms with van der Waals surface area (Å²) >= 11 is 11.6. The molecule has 0 aromatic heterocycles. The maximum atomic E-state index is 11.6. The van der Waals surface area contributed by atoms with Crippen LogP contribution >= 0.6 is 23.2 Å². The summed E-state index contributed by atoms with van der Waals surface area (Å²) in [6, 6.07) is 3.12. The van der Waals surface area contributed by atoms with Crippen molar-refractivity contribution in [3.63, 3.8) is 0 Å². The second-order valence-corrected chi connectivity index (χ2v) is 4.39. The van der Waals surface area contributed by atoms with Gasteiger partial charge in [0.1, 0.15) is 6.54 Å². The topological polar surface area (TPSA) is 48.9 Å². The molecule has 0 atom stereocenters. The van der Waals surface area contributed by atoms with Crippen LogP contribution in [0.1, 0.15) is 12.0 Å². The smallest absolute Gasteiger partial charge is 0.101 e. The number of hydrogen-bond acceptors (Lipinski definition) is 2. The molecule has 17 heavy (non-hydrogen) atoms. The van der Waals surface area contributed by atoms with Gasteiger partial charge in [-0.25, -0.2) is 0 Å². The van der Waals surface area contributed by atoms with Gasteiger partial charge in [-0.15, -0.1) is 0 Å². The van der Waals surface area contributed by atoms with Crippen molar-refractivity contribution in [1.29, 1.82) is 0 Å². The molecule has 0 heterocycles. The average Bonchev–Trinajstić information content (AvgIpc) is 2.29. The number of halogens is 2. The van der Waals surface area contributed by atoms with Gasteiger partial charge in [-0.1, -0.05) is 35.5 Å². The first-order chi connectivity index (χ1) is 8.15. The van der Waals surface area contributed by atoms with Crippen LogP contribution in [0.4, 0.5) is 0 Å². The van der Waals surface area contributed by atoms with Crippen molar-refractivity contribution in [3.8, 4) is 5.75 Å². The molecule has 0 radical (unpaired) electrons. The third kappa shape index (κ3) is 4.86. The van der Waals surface area contributed by atoms with Crippen LogP contribution in [0.2, 0.25) is 10.0 Å². The van der Waals surface area contributed by atoms with Crippen molar-refractivity contribution in [1.82, 2.24) is 0 Å². The molecule has 0 unspecified atom stereocenters. The standard InChI is InChI=1S/C12H15Cl2NO2/c1-2-17-5-3-4-15-8-9-6-10(13)7-11(14)12(9)16/h2,6-7,15-16H,1,3-5,8H2. The van der Waals surface area contributed by atoms with E-state index >= 15 is 0 Å². The van der Waals surface area contributed by atoms with Crippen molar-refractivity contribution in [2.75, 3.05) is 13.2 Å². The first-order valence-corrected chi connectivity index (χ1v) is 6.10.